The van der Waals surface area contributed by atoms with Crippen LogP contribution in [0.1, 0.15) is 35.0 Å². The van der Waals surface area contributed by atoms with Gasteiger partial charge in [0.05, 0.1) is 12.2 Å². The fourth-order valence-electron chi connectivity index (χ4n) is 1.97. The Morgan fingerprint density at radius 2 is 2.33 bits per heavy atom. The monoisotopic (exact) mass is 207 g/mol. The van der Waals surface area contributed by atoms with Crippen LogP contribution in [-0.4, -0.2) is 17.6 Å². The van der Waals surface area contributed by atoms with Crippen LogP contribution in [0.25, 0.3) is 0 Å². The third-order valence-corrected chi connectivity index (χ3v) is 2.59. The molecular weight excluding hydrogens is 194 g/mol. The van der Waals surface area contributed by atoms with Crippen LogP contribution in [-0.2, 0) is 17.6 Å². The normalized spacial score (nSPS) is 13.7. The maximum absolute atomic E-state index is 11.6. The number of hydrogen-bond acceptors (Lipinski definition) is 3. The van der Waals surface area contributed by atoms with Crippen molar-refractivity contribution in [2.45, 2.75) is 26.2 Å². The molecule has 1 N–H and O–H groups in total. The Morgan fingerprint density at radius 1 is 1.53 bits per heavy atom. The number of carbonyl (C=O) groups is 1. The molecule has 0 atom stereocenters. The highest BCUT2D eigenvalue weighted by molar-refractivity contribution is 5.91. The summed E-state index contributed by atoms with van der Waals surface area (Å²) in [5.41, 5.74) is 2.06. The molecule has 0 radical (unpaired) electrons. The second kappa shape index (κ2) is 3.88. The third kappa shape index (κ3) is 1.79. The van der Waals surface area contributed by atoms with Gasteiger partial charge in [0.15, 0.2) is 0 Å². The lowest BCUT2D eigenvalue weighted by molar-refractivity contribution is 0.0525. The molecule has 1 aliphatic rings. The van der Waals surface area contributed by atoms with Crippen LogP contribution >= 0.6 is 0 Å². The number of nitrogens with one attached hydrogen (secondary N) is 1. The molecule has 0 amide bonds. The van der Waals surface area contributed by atoms with E-state index >= 15 is 0 Å². The minimum absolute atomic E-state index is 0.223. The van der Waals surface area contributed by atoms with Gasteiger partial charge in [-0.1, -0.05) is 0 Å². The molecule has 1 heterocycles. The molecule has 0 aliphatic heterocycles. The van der Waals surface area contributed by atoms with Gasteiger partial charge < -0.3 is 9.72 Å². The zero-order valence-corrected chi connectivity index (χ0v) is 8.63. The highest BCUT2D eigenvalue weighted by atomic mass is 16.5. The standard InChI is InChI=1S/C11H13NO3/c1-2-15-11(14)8-6-10(13)12-9-5-3-4-7(8)9/h6H,2-5H2,1H3,(H,12,13). The first-order valence-electron chi connectivity index (χ1n) is 5.14. The SMILES string of the molecule is CCOC(=O)c1cc(=O)[nH]c2c1CCC2. The Labute approximate surface area is 87.3 Å². The molecule has 2 rings (SSSR count). The van der Waals surface area contributed by atoms with Crippen molar-refractivity contribution < 1.29 is 9.53 Å². The molecule has 0 saturated carbocycles. The lowest BCUT2D eigenvalue weighted by Gasteiger charge is -2.06. The van der Waals surface area contributed by atoms with Crippen LogP contribution in [0, 0.1) is 0 Å². The highest BCUT2D eigenvalue weighted by Crippen LogP contribution is 2.22. The smallest absolute Gasteiger partial charge is 0.338 e. The molecule has 0 bridgehead atoms. The van der Waals surface area contributed by atoms with E-state index in [0.29, 0.717) is 12.2 Å². The van der Waals surface area contributed by atoms with Crippen LogP contribution in [0.4, 0.5) is 0 Å². The first-order chi connectivity index (χ1) is 7.22. The fourth-order valence-corrected chi connectivity index (χ4v) is 1.97. The van der Waals surface area contributed by atoms with Gasteiger partial charge in [-0.2, -0.15) is 0 Å². The molecule has 0 fully saturated rings. The van der Waals surface area contributed by atoms with Crippen molar-refractivity contribution in [3.8, 4) is 0 Å². The van der Waals surface area contributed by atoms with E-state index < -0.39 is 0 Å². The average Bonchev–Trinajstić information content (AvgIpc) is 2.64. The molecule has 4 nitrogen and oxygen atoms in total. The molecule has 0 unspecified atom stereocenters. The van der Waals surface area contributed by atoms with Crippen molar-refractivity contribution >= 4 is 5.97 Å². The van der Waals surface area contributed by atoms with Crippen molar-refractivity contribution in [1.82, 2.24) is 4.98 Å². The first kappa shape index (κ1) is 9.96. The number of aromatic amines is 1. The summed E-state index contributed by atoms with van der Waals surface area (Å²) in [6.45, 7) is 2.09. The zero-order valence-electron chi connectivity index (χ0n) is 8.63. The summed E-state index contributed by atoms with van der Waals surface area (Å²) in [5, 5.41) is 0. The van der Waals surface area contributed by atoms with Gasteiger partial charge in [0.2, 0.25) is 5.56 Å². The zero-order chi connectivity index (χ0) is 10.8. The van der Waals surface area contributed by atoms with Gasteiger partial charge in [-0.05, 0) is 31.7 Å². The van der Waals surface area contributed by atoms with E-state index in [1.165, 1.54) is 6.07 Å². The van der Waals surface area contributed by atoms with E-state index in [9.17, 15) is 9.59 Å². The van der Waals surface area contributed by atoms with Crippen LogP contribution in [0.3, 0.4) is 0 Å². The third-order valence-electron chi connectivity index (χ3n) is 2.59. The number of carbonyl (C=O) groups excluding carboxylic acids is 1. The van der Waals surface area contributed by atoms with E-state index in [0.717, 1.165) is 30.5 Å². The molecule has 0 spiro atoms. The summed E-state index contributed by atoms with van der Waals surface area (Å²) in [6, 6.07) is 1.34. The molecule has 0 saturated heterocycles. The highest BCUT2D eigenvalue weighted by Gasteiger charge is 2.21. The van der Waals surface area contributed by atoms with Crippen molar-refractivity contribution in [1.29, 1.82) is 0 Å². The second-order valence-electron chi connectivity index (χ2n) is 3.58. The second-order valence-corrected chi connectivity index (χ2v) is 3.58. The van der Waals surface area contributed by atoms with E-state index in [1.807, 2.05) is 0 Å². The summed E-state index contributed by atoms with van der Waals surface area (Å²) < 4.78 is 4.92. The van der Waals surface area contributed by atoms with Crippen molar-refractivity contribution in [3.05, 3.63) is 33.2 Å². The quantitative estimate of drug-likeness (QED) is 0.737. The average molecular weight is 207 g/mol. The molecule has 1 aromatic rings. The summed E-state index contributed by atoms with van der Waals surface area (Å²) in [5.74, 6) is -0.387. The number of pyridine rings is 1. The molecule has 80 valence electrons. The number of H-pyrrole nitrogens is 1. The lowest BCUT2D eigenvalue weighted by Crippen LogP contribution is -2.16. The Balaban J connectivity index is 2.47. The van der Waals surface area contributed by atoms with E-state index in [2.05, 4.69) is 4.98 Å². The van der Waals surface area contributed by atoms with Gasteiger partial charge in [0, 0.05) is 11.8 Å². The van der Waals surface area contributed by atoms with Gasteiger partial charge in [-0.15, -0.1) is 0 Å². The van der Waals surface area contributed by atoms with Gasteiger partial charge in [-0.25, -0.2) is 4.79 Å². The number of esters is 1. The van der Waals surface area contributed by atoms with Crippen molar-refractivity contribution in [3.63, 3.8) is 0 Å². The van der Waals surface area contributed by atoms with Crippen molar-refractivity contribution in [2.24, 2.45) is 0 Å². The Bertz CT molecular complexity index is 448. The van der Waals surface area contributed by atoms with Crippen molar-refractivity contribution in [2.75, 3.05) is 6.61 Å². The number of aryl methyl sites for hydroxylation is 1. The lowest BCUT2D eigenvalue weighted by atomic mass is 10.1. The first-order valence-corrected chi connectivity index (χ1v) is 5.14. The number of hydrogen-bond donors (Lipinski definition) is 1. The van der Waals surface area contributed by atoms with Crippen LogP contribution < -0.4 is 5.56 Å². The molecule has 4 heteroatoms. The topological polar surface area (TPSA) is 59.2 Å². The Hall–Kier alpha value is -1.58. The minimum Gasteiger partial charge on any atom is -0.462 e. The molecule has 15 heavy (non-hydrogen) atoms. The number of rotatable bonds is 2. The van der Waals surface area contributed by atoms with Gasteiger partial charge in [0.1, 0.15) is 0 Å². The fraction of sp³-hybridized carbons (Fsp3) is 0.455. The predicted octanol–water partition coefficient (Wildman–Crippen LogP) is 1.04. The largest absolute Gasteiger partial charge is 0.462 e. The maximum atomic E-state index is 11.6. The van der Waals surface area contributed by atoms with Gasteiger partial charge >= 0.3 is 5.97 Å². The predicted molar refractivity (Wildman–Crippen MR) is 55.0 cm³/mol. The minimum atomic E-state index is -0.387. The molecular formula is C11H13NO3. The summed E-state index contributed by atoms with van der Waals surface area (Å²) in [4.78, 5) is 25.6. The molecule has 1 aromatic heterocycles. The van der Waals surface area contributed by atoms with Gasteiger partial charge in [-0.3, -0.25) is 4.79 Å². The summed E-state index contributed by atoms with van der Waals surface area (Å²) >= 11 is 0. The maximum Gasteiger partial charge on any atom is 0.338 e. The van der Waals surface area contributed by atoms with E-state index in [-0.39, 0.29) is 11.5 Å². The Morgan fingerprint density at radius 3 is 3.07 bits per heavy atom. The van der Waals surface area contributed by atoms with Crippen LogP contribution in [0.5, 0.6) is 0 Å². The van der Waals surface area contributed by atoms with E-state index in [1.54, 1.807) is 6.92 Å². The number of aromatic nitrogens is 1. The summed E-state index contributed by atoms with van der Waals surface area (Å²) in [6.07, 6.45) is 2.68. The molecule has 0 aromatic carbocycles. The molecule has 1 aliphatic carbocycles. The number of ether oxygens (including phenoxy) is 1. The number of fused-ring (bicyclic) bond motifs is 1. The summed E-state index contributed by atoms with van der Waals surface area (Å²) in [7, 11) is 0. The van der Waals surface area contributed by atoms with Crippen LogP contribution in [0.15, 0.2) is 10.9 Å². The van der Waals surface area contributed by atoms with Gasteiger partial charge in [0.25, 0.3) is 0 Å². The van der Waals surface area contributed by atoms with Crippen LogP contribution in [0.2, 0.25) is 0 Å². The van der Waals surface area contributed by atoms with E-state index in [4.69, 9.17) is 4.74 Å². The Kier molecular flexibility index (Phi) is 2.58.